The summed E-state index contributed by atoms with van der Waals surface area (Å²) in [5.41, 5.74) is 1.00. The van der Waals surface area contributed by atoms with E-state index < -0.39 is 72.2 Å². The lowest BCUT2D eigenvalue weighted by atomic mass is 9.73. The SMILES string of the molecule is CO[C@@H](Cc1ccccc1)[C@H](O)C(=O)N[C@@H](OC)[C@@H]1C[C@@H](O)C(C)(C)[C@@H](C[C@H](O)[C@@H](C)[C@H]2Cc3c(C)c(O)cc(O)c3C(=O)O2)O1. The van der Waals surface area contributed by atoms with Crippen molar-refractivity contribution in [2.24, 2.45) is 11.3 Å². The molecule has 2 aliphatic rings. The Morgan fingerprint density at radius 2 is 1.76 bits per heavy atom. The van der Waals surface area contributed by atoms with Crippen LogP contribution in [0, 0.1) is 18.3 Å². The number of carbonyl (C=O) groups is 2. The Kier molecular flexibility index (Phi) is 11.3. The van der Waals surface area contributed by atoms with E-state index in [-0.39, 0.29) is 36.3 Å². The van der Waals surface area contributed by atoms with Crippen molar-refractivity contribution >= 4 is 11.9 Å². The number of methoxy groups -OCH3 is 2. The van der Waals surface area contributed by atoms with Gasteiger partial charge in [0.15, 0.2) is 12.3 Å². The summed E-state index contributed by atoms with van der Waals surface area (Å²) in [6, 6.07) is 10.4. The first-order chi connectivity index (χ1) is 21.7. The Labute approximate surface area is 269 Å². The van der Waals surface area contributed by atoms with Crippen LogP contribution in [0.25, 0.3) is 0 Å². The number of cyclic esters (lactones) is 1. The highest BCUT2D eigenvalue weighted by molar-refractivity contribution is 5.96. The Morgan fingerprint density at radius 1 is 1.09 bits per heavy atom. The summed E-state index contributed by atoms with van der Waals surface area (Å²) in [4.78, 5) is 25.9. The van der Waals surface area contributed by atoms with Gasteiger partial charge < -0.3 is 49.8 Å². The lowest BCUT2D eigenvalue weighted by Gasteiger charge is -2.48. The zero-order chi connectivity index (χ0) is 33.9. The number of nitrogens with one attached hydrogen (secondary N) is 1. The normalized spacial score (nSPS) is 25.8. The number of aliphatic hydroxyl groups excluding tert-OH is 3. The summed E-state index contributed by atoms with van der Waals surface area (Å²) in [7, 11) is 2.79. The van der Waals surface area contributed by atoms with E-state index in [4.69, 9.17) is 18.9 Å². The number of benzene rings is 2. The minimum Gasteiger partial charge on any atom is -0.508 e. The summed E-state index contributed by atoms with van der Waals surface area (Å²) in [6.45, 7) is 7.01. The minimum atomic E-state index is -1.51. The maximum Gasteiger partial charge on any atom is 0.342 e. The molecule has 0 saturated carbocycles. The van der Waals surface area contributed by atoms with E-state index in [2.05, 4.69) is 5.32 Å². The maximum atomic E-state index is 13.1. The molecule has 0 bridgehead atoms. The van der Waals surface area contributed by atoms with Crippen molar-refractivity contribution in [1.82, 2.24) is 5.32 Å². The number of hydrogen-bond acceptors (Lipinski definition) is 11. The number of phenolic OH excluding ortho intramolecular Hbond substituents is 2. The van der Waals surface area contributed by atoms with Gasteiger partial charge in [-0.1, -0.05) is 51.1 Å². The van der Waals surface area contributed by atoms with E-state index in [1.807, 2.05) is 44.2 Å². The van der Waals surface area contributed by atoms with E-state index >= 15 is 0 Å². The fourth-order valence-electron chi connectivity index (χ4n) is 6.31. The van der Waals surface area contributed by atoms with Crippen molar-refractivity contribution in [2.75, 3.05) is 14.2 Å². The monoisotopic (exact) mass is 645 g/mol. The van der Waals surface area contributed by atoms with Crippen LogP contribution in [0.3, 0.4) is 0 Å². The molecule has 0 aromatic heterocycles. The summed E-state index contributed by atoms with van der Waals surface area (Å²) in [6.07, 6.45) is -6.91. The molecule has 4 rings (SSSR count). The molecule has 0 radical (unpaired) electrons. The maximum absolute atomic E-state index is 13.1. The molecule has 6 N–H and O–H groups in total. The summed E-state index contributed by atoms with van der Waals surface area (Å²) >= 11 is 0. The van der Waals surface area contributed by atoms with Crippen LogP contribution in [0.15, 0.2) is 36.4 Å². The topological polar surface area (TPSA) is 184 Å². The van der Waals surface area contributed by atoms with Crippen LogP contribution in [0.1, 0.15) is 60.7 Å². The van der Waals surface area contributed by atoms with Crippen LogP contribution in [-0.2, 0) is 36.6 Å². The Bertz CT molecular complexity index is 1370. The average Bonchev–Trinajstić information content (AvgIpc) is 3.02. The van der Waals surface area contributed by atoms with Crippen molar-refractivity contribution in [3.8, 4) is 11.5 Å². The molecule has 0 aliphatic carbocycles. The molecule has 9 atom stereocenters. The zero-order valence-corrected chi connectivity index (χ0v) is 27.2. The number of phenols is 2. The van der Waals surface area contributed by atoms with Gasteiger partial charge in [-0.3, -0.25) is 4.79 Å². The summed E-state index contributed by atoms with van der Waals surface area (Å²) < 4.78 is 23.0. The predicted octanol–water partition coefficient (Wildman–Crippen LogP) is 2.13. The molecule has 46 heavy (non-hydrogen) atoms. The van der Waals surface area contributed by atoms with Gasteiger partial charge in [-0.25, -0.2) is 4.79 Å². The van der Waals surface area contributed by atoms with Crippen molar-refractivity contribution < 1.29 is 54.1 Å². The number of amides is 1. The number of rotatable bonds is 12. The molecule has 2 aromatic rings. The molecular weight excluding hydrogens is 598 g/mol. The second-order valence-electron chi connectivity index (χ2n) is 13.0. The highest BCUT2D eigenvalue weighted by Crippen LogP contribution is 2.42. The van der Waals surface area contributed by atoms with Crippen LogP contribution in [0.2, 0.25) is 0 Å². The molecule has 1 saturated heterocycles. The fourth-order valence-corrected chi connectivity index (χ4v) is 6.31. The molecule has 2 heterocycles. The number of fused-ring (bicyclic) bond motifs is 1. The summed E-state index contributed by atoms with van der Waals surface area (Å²) in [5.74, 6) is -2.56. The van der Waals surface area contributed by atoms with Gasteiger partial charge in [0.1, 0.15) is 29.3 Å². The van der Waals surface area contributed by atoms with Crippen LogP contribution < -0.4 is 5.32 Å². The van der Waals surface area contributed by atoms with Gasteiger partial charge in [-0.2, -0.15) is 0 Å². The van der Waals surface area contributed by atoms with E-state index in [0.29, 0.717) is 17.5 Å². The molecular formula is C34H47NO11. The van der Waals surface area contributed by atoms with Crippen LogP contribution in [-0.4, -0.2) is 101 Å². The van der Waals surface area contributed by atoms with E-state index in [0.717, 1.165) is 11.6 Å². The number of aliphatic hydroxyl groups is 3. The van der Waals surface area contributed by atoms with E-state index in [9.17, 15) is 35.1 Å². The molecule has 1 fully saturated rings. The first-order valence-electron chi connectivity index (χ1n) is 15.5. The molecule has 1 amide bonds. The van der Waals surface area contributed by atoms with Gasteiger partial charge in [0, 0.05) is 57.3 Å². The molecule has 254 valence electrons. The van der Waals surface area contributed by atoms with E-state index in [1.165, 1.54) is 14.2 Å². The standard InChI is InChI=1S/C34H47NO11/c1-17-20-13-24(46-33(42)29(20)23(38)14-21(17)36)18(2)22(37)15-28-34(3,4)27(39)16-26(45-28)32(44-6)35-31(41)30(40)25(43-5)12-19-10-8-7-9-11-19/h7-11,14,18,22,24-28,30,32,36-40H,12-13,15-16H2,1-6H3,(H,35,41)/t18-,22+,24-,25+,26+,27-,28-,30+,32+/m1/s1. The highest BCUT2D eigenvalue weighted by Gasteiger charge is 2.48. The zero-order valence-electron chi connectivity index (χ0n) is 27.2. The van der Waals surface area contributed by atoms with Crippen LogP contribution in [0.4, 0.5) is 0 Å². The molecule has 2 aromatic carbocycles. The third-order valence-electron chi connectivity index (χ3n) is 9.75. The second-order valence-corrected chi connectivity index (χ2v) is 13.0. The van der Waals surface area contributed by atoms with Gasteiger partial charge >= 0.3 is 5.97 Å². The number of carbonyl (C=O) groups excluding carboxylic acids is 2. The van der Waals surface area contributed by atoms with Crippen molar-refractivity contribution in [3.05, 3.63) is 58.7 Å². The highest BCUT2D eigenvalue weighted by atomic mass is 16.6. The molecule has 12 heteroatoms. The van der Waals surface area contributed by atoms with Gasteiger partial charge in [-0.05, 0) is 23.6 Å². The Hall–Kier alpha value is -3.26. The smallest absolute Gasteiger partial charge is 0.342 e. The second kappa shape index (κ2) is 14.7. The van der Waals surface area contributed by atoms with Gasteiger partial charge in [0.2, 0.25) is 0 Å². The van der Waals surface area contributed by atoms with Gasteiger partial charge in [0.05, 0.1) is 24.4 Å². The molecule has 2 aliphatic heterocycles. The van der Waals surface area contributed by atoms with Crippen molar-refractivity contribution in [3.63, 3.8) is 0 Å². The third-order valence-corrected chi connectivity index (χ3v) is 9.75. The Balaban J connectivity index is 1.43. The van der Waals surface area contributed by atoms with E-state index in [1.54, 1.807) is 13.8 Å². The van der Waals surface area contributed by atoms with Crippen LogP contribution >= 0.6 is 0 Å². The first-order valence-corrected chi connectivity index (χ1v) is 15.5. The van der Waals surface area contributed by atoms with Gasteiger partial charge in [-0.15, -0.1) is 0 Å². The molecule has 0 unspecified atom stereocenters. The molecule has 12 nitrogen and oxygen atoms in total. The van der Waals surface area contributed by atoms with Gasteiger partial charge in [0.25, 0.3) is 5.91 Å². The quantitative estimate of drug-likeness (QED) is 0.147. The Morgan fingerprint density at radius 3 is 2.39 bits per heavy atom. The lowest BCUT2D eigenvalue weighted by molar-refractivity contribution is -0.217. The van der Waals surface area contributed by atoms with Crippen LogP contribution in [0.5, 0.6) is 11.5 Å². The number of ether oxygens (including phenoxy) is 4. The van der Waals surface area contributed by atoms with Crippen molar-refractivity contribution in [2.45, 2.75) is 102 Å². The average molecular weight is 646 g/mol. The first kappa shape index (κ1) is 35.6. The summed E-state index contributed by atoms with van der Waals surface area (Å²) in [5, 5.41) is 56.4. The number of aromatic hydroxyl groups is 2. The lowest BCUT2D eigenvalue weighted by Crippen LogP contribution is -2.59. The fraction of sp³-hybridized carbons (Fsp3) is 0.588. The number of esters is 1. The largest absolute Gasteiger partial charge is 0.508 e. The third kappa shape index (κ3) is 7.48. The number of hydrogen-bond donors (Lipinski definition) is 6. The minimum absolute atomic E-state index is 0.00519. The predicted molar refractivity (Wildman–Crippen MR) is 166 cm³/mol. The van der Waals surface area contributed by atoms with Crippen molar-refractivity contribution in [1.29, 1.82) is 0 Å². The molecule has 0 spiro atoms.